The van der Waals surface area contributed by atoms with Gasteiger partial charge < -0.3 is 11.1 Å². The SMILES string of the molecule is C[C@H](NC(=O)Cn1ccc(N)n1)c1ccccc1. The van der Waals surface area contributed by atoms with Crippen LogP contribution in [0.15, 0.2) is 42.6 Å². The van der Waals surface area contributed by atoms with Crippen molar-refractivity contribution in [3.63, 3.8) is 0 Å². The zero-order valence-corrected chi connectivity index (χ0v) is 10.2. The van der Waals surface area contributed by atoms with Crippen LogP contribution in [0.2, 0.25) is 0 Å². The smallest absolute Gasteiger partial charge is 0.242 e. The molecule has 1 aromatic carbocycles. The summed E-state index contributed by atoms with van der Waals surface area (Å²) in [5, 5.41) is 6.88. The van der Waals surface area contributed by atoms with Crippen molar-refractivity contribution < 1.29 is 4.79 Å². The van der Waals surface area contributed by atoms with Gasteiger partial charge in [0.05, 0.1) is 6.04 Å². The normalized spacial score (nSPS) is 12.1. The molecule has 94 valence electrons. The monoisotopic (exact) mass is 244 g/mol. The average Bonchev–Trinajstić information content (AvgIpc) is 2.75. The molecule has 0 radical (unpaired) electrons. The minimum atomic E-state index is -0.0885. The van der Waals surface area contributed by atoms with E-state index < -0.39 is 0 Å². The molecule has 2 rings (SSSR count). The first-order valence-corrected chi connectivity index (χ1v) is 5.78. The van der Waals surface area contributed by atoms with Crippen LogP contribution in [0.1, 0.15) is 18.5 Å². The van der Waals surface area contributed by atoms with E-state index in [0.717, 1.165) is 5.56 Å². The number of hydrogen-bond acceptors (Lipinski definition) is 3. The molecule has 0 unspecified atom stereocenters. The number of nitrogens with zero attached hydrogens (tertiary/aromatic N) is 2. The van der Waals surface area contributed by atoms with Gasteiger partial charge in [-0.05, 0) is 18.6 Å². The van der Waals surface area contributed by atoms with E-state index in [2.05, 4.69) is 10.4 Å². The molecule has 2 aromatic rings. The first kappa shape index (κ1) is 12.2. The van der Waals surface area contributed by atoms with Crippen LogP contribution in [0.4, 0.5) is 5.82 Å². The second-order valence-corrected chi connectivity index (χ2v) is 4.14. The van der Waals surface area contributed by atoms with E-state index in [-0.39, 0.29) is 18.5 Å². The van der Waals surface area contributed by atoms with E-state index in [0.29, 0.717) is 5.82 Å². The van der Waals surface area contributed by atoms with Crippen LogP contribution in [0.3, 0.4) is 0 Å². The van der Waals surface area contributed by atoms with Gasteiger partial charge in [-0.25, -0.2) is 0 Å². The summed E-state index contributed by atoms with van der Waals surface area (Å²) < 4.78 is 1.52. The van der Waals surface area contributed by atoms with Crippen molar-refractivity contribution in [2.24, 2.45) is 0 Å². The summed E-state index contributed by atoms with van der Waals surface area (Å²) >= 11 is 0. The molecule has 1 heterocycles. The molecule has 1 amide bonds. The number of benzene rings is 1. The van der Waals surface area contributed by atoms with Crippen LogP contribution in [0.25, 0.3) is 0 Å². The van der Waals surface area contributed by atoms with Crippen molar-refractivity contribution >= 4 is 11.7 Å². The third-order valence-corrected chi connectivity index (χ3v) is 2.64. The third kappa shape index (κ3) is 3.10. The number of nitrogen functional groups attached to an aromatic ring is 1. The standard InChI is InChI=1S/C13H16N4O/c1-10(11-5-3-2-4-6-11)15-13(18)9-17-8-7-12(14)16-17/h2-8,10H,9H2,1H3,(H2,14,16)(H,15,18)/t10-/m0/s1. The van der Waals surface area contributed by atoms with Crippen LogP contribution in [-0.2, 0) is 11.3 Å². The number of nitrogens with two attached hydrogens (primary N) is 1. The van der Waals surface area contributed by atoms with Crippen molar-refractivity contribution in [2.45, 2.75) is 19.5 Å². The Balaban J connectivity index is 1.92. The summed E-state index contributed by atoms with van der Waals surface area (Å²) in [4.78, 5) is 11.8. The molecule has 0 saturated heterocycles. The van der Waals surface area contributed by atoms with Gasteiger partial charge >= 0.3 is 0 Å². The minimum absolute atomic E-state index is 0.0217. The maximum Gasteiger partial charge on any atom is 0.242 e. The van der Waals surface area contributed by atoms with Crippen LogP contribution in [0, 0.1) is 0 Å². The van der Waals surface area contributed by atoms with Crippen molar-refractivity contribution in [3.05, 3.63) is 48.2 Å². The molecule has 5 nitrogen and oxygen atoms in total. The first-order valence-electron chi connectivity index (χ1n) is 5.78. The van der Waals surface area contributed by atoms with E-state index in [1.54, 1.807) is 12.3 Å². The fraction of sp³-hybridized carbons (Fsp3) is 0.231. The quantitative estimate of drug-likeness (QED) is 0.852. The lowest BCUT2D eigenvalue weighted by Crippen LogP contribution is -2.30. The molecule has 18 heavy (non-hydrogen) atoms. The lowest BCUT2D eigenvalue weighted by atomic mass is 10.1. The largest absolute Gasteiger partial charge is 0.382 e. The Morgan fingerprint density at radius 3 is 2.72 bits per heavy atom. The van der Waals surface area contributed by atoms with Crippen LogP contribution in [0.5, 0.6) is 0 Å². The van der Waals surface area contributed by atoms with Gasteiger partial charge in [-0.3, -0.25) is 9.48 Å². The molecular formula is C13H16N4O. The average molecular weight is 244 g/mol. The number of hydrogen-bond donors (Lipinski definition) is 2. The fourth-order valence-corrected chi connectivity index (χ4v) is 1.72. The lowest BCUT2D eigenvalue weighted by Gasteiger charge is -2.14. The molecule has 0 aliphatic heterocycles. The first-order chi connectivity index (χ1) is 8.65. The van der Waals surface area contributed by atoms with Crippen molar-refractivity contribution in [1.29, 1.82) is 0 Å². The van der Waals surface area contributed by atoms with E-state index in [9.17, 15) is 4.79 Å². The van der Waals surface area contributed by atoms with Gasteiger partial charge in [-0.2, -0.15) is 5.10 Å². The highest BCUT2D eigenvalue weighted by atomic mass is 16.2. The number of carbonyl (C=O) groups excluding carboxylic acids is 1. The molecule has 0 fully saturated rings. The molecule has 0 aliphatic carbocycles. The summed E-state index contributed by atoms with van der Waals surface area (Å²) in [5.41, 5.74) is 6.56. The number of rotatable bonds is 4. The number of carbonyl (C=O) groups is 1. The highest BCUT2D eigenvalue weighted by molar-refractivity contribution is 5.76. The Morgan fingerprint density at radius 1 is 1.39 bits per heavy atom. The maximum absolute atomic E-state index is 11.8. The Kier molecular flexibility index (Phi) is 3.62. The van der Waals surface area contributed by atoms with Gasteiger partial charge in [0.15, 0.2) is 0 Å². The summed E-state index contributed by atoms with van der Waals surface area (Å²) in [6.07, 6.45) is 1.68. The Bertz CT molecular complexity index is 521. The van der Waals surface area contributed by atoms with Gasteiger partial charge in [0.1, 0.15) is 12.4 Å². The molecule has 1 aromatic heterocycles. The van der Waals surface area contributed by atoms with E-state index >= 15 is 0 Å². The van der Waals surface area contributed by atoms with Gasteiger partial charge in [0.25, 0.3) is 0 Å². The predicted molar refractivity (Wildman–Crippen MR) is 69.6 cm³/mol. The maximum atomic E-state index is 11.8. The fourth-order valence-electron chi connectivity index (χ4n) is 1.72. The third-order valence-electron chi connectivity index (χ3n) is 2.64. The second-order valence-electron chi connectivity index (χ2n) is 4.14. The highest BCUT2D eigenvalue weighted by Gasteiger charge is 2.09. The predicted octanol–water partition coefficient (Wildman–Crippen LogP) is 1.34. The summed E-state index contributed by atoms with van der Waals surface area (Å²) in [5.74, 6) is 0.327. The second kappa shape index (κ2) is 5.35. The van der Waals surface area contributed by atoms with Gasteiger partial charge in [-0.15, -0.1) is 0 Å². The Hall–Kier alpha value is -2.30. The summed E-state index contributed by atoms with van der Waals surface area (Å²) in [6.45, 7) is 2.12. The number of amides is 1. The van der Waals surface area contributed by atoms with E-state index in [1.165, 1.54) is 4.68 Å². The molecule has 0 bridgehead atoms. The van der Waals surface area contributed by atoms with Gasteiger partial charge in [0, 0.05) is 6.20 Å². The number of aromatic nitrogens is 2. The molecule has 1 atom stereocenters. The highest BCUT2D eigenvalue weighted by Crippen LogP contribution is 2.10. The van der Waals surface area contributed by atoms with Crippen LogP contribution in [-0.4, -0.2) is 15.7 Å². The van der Waals surface area contributed by atoms with Crippen LogP contribution >= 0.6 is 0 Å². The molecule has 5 heteroatoms. The minimum Gasteiger partial charge on any atom is -0.382 e. The molecule has 0 saturated carbocycles. The Morgan fingerprint density at radius 2 is 2.11 bits per heavy atom. The van der Waals surface area contributed by atoms with Gasteiger partial charge in [0.2, 0.25) is 5.91 Å². The van der Waals surface area contributed by atoms with Crippen molar-refractivity contribution in [3.8, 4) is 0 Å². The number of anilines is 1. The topological polar surface area (TPSA) is 72.9 Å². The molecule has 0 aliphatic rings. The lowest BCUT2D eigenvalue weighted by molar-refractivity contribution is -0.122. The summed E-state index contributed by atoms with van der Waals surface area (Å²) in [7, 11) is 0. The molecule has 3 N–H and O–H groups in total. The van der Waals surface area contributed by atoms with Crippen LogP contribution < -0.4 is 11.1 Å². The van der Waals surface area contributed by atoms with Crippen molar-refractivity contribution in [1.82, 2.24) is 15.1 Å². The van der Waals surface area contributed by atoms with E-state index in [4.69, 9.17) is 5.73 Å². The summed E-state index contributed by atoms with van der Waals surface area (Å²) in [6, 6.07) is 11.5. The zero-order chi connectivity index (χ0) is 13.0. The zero-order valence-electron chi connectivity index (χ0n) is 10.2. The molecular weight excluding hydrogens is 228 g/mol. The molecule has 0 spiro atoms. The number of nitrogens with one attached hydrogen (secondary N) is 1. The Labute approximate surface area is 106 Å². The van der Waals surface area contributed by atoms with Gasteiger partial charge in [-0.1, -0.05) is 30.3 Å². The van der Waals surface area contributed by atoms with E-state index in [1.807, 2.05) is 37.3 Å². The van der Waals surface area contributed by atoms with Crippen molar-refractivity contribution in [2.75, 3.05) is 5.73 Å².